The third-order valence-corrected chi connectivity index (χ3v) is 2.49. The average molecular weight is 279 g/mol. The summed E-state index contributed by atoms with van der Waals surface area (Å²) < 4.78 is 32.1. The summed E-state index contributed by atoms with van der Waals surface area (Å²) in [4.78, 5) is 14.9. The zero-order chi connectivity index (χ0) is 14.7. The first kappa shape index (κ1) is 13.7. The molecule has 0 fully saturated rings. The summed E-state index contributed by atoms with van der Waals surface area (Å²) in [6.45, 7) is 0. The first-order chi connectivity index (χ1) is 9.52. The van der Waals surface area contributed by atoms with Crippen molar-refractivity contribution >= 4 is 11.7 Å². The number of amides is 1. The van der Waals surface area contributed by atoms with Gasteiger partial charge in [0.25, 0.3) is 11.8 Å². The fraction of sp³-hybridized carbons (Fsp3) is 0.0769. The standard InChI is InChI=1S/C13H11F2N3O2/c1-17-12-8(14)6-9(15)13(18-12)20-10-5-3-2-4-7(10)11(16)19/h2-6H,1H3,(H2,16,19)(H,17,18). The van der Waals surface area contributed by atoms with E-state index in [9.17, 15) is 13.6 Å². The molecule has 0 aliphatic heterocycles. The average Bonchev–Trinajstić information content (AvgIpc) is 2.42. The second-order valence-electron chi connectivity index (χ2n) is 3.82. The van der Waals surface area contributed by atoms with Crippen LogP contribution in [0.4, 0.5) is 14.6 Å². The SMILES string of the molecule is CNc1nc(Oc2ccccc2C(N)=O)c(F)cc1F. The number of nitrogens with two attached hydrogens (primary N) is 1. The van der Waals surface area contributed by atoms with Crippen molar-refractivity contribution in [1.29, 1.82) is 0 Å². The van der Waals surface area contributed by atoms with Crippen molar-refractivity contribution in [2.75, 3.05) is 12.4 Å². The summed E-state index contributed by atoms with van der Waals surface area (Å²) in [5, 5.41) is 2.46. The van der Waals surface area contributed by atoms with Crippen LogP contribution in [0, 0.1) is 11.6 Å². The lowest BCUT2D eigenvalue weighted by molar-refractivity contribution is 0.0998. The molecule has 0 saturated heterocycles. The number of pyridine rings is 1. The van der Waals surface area contributed by atoms with E-state index in [4.69, 9.17) is 10.5 Å². The molecule has 1 aromatic carbocycles. The molecule has 1 heterocycles. The van der Waals surface area contributed by atoms with Crippen LogP contribution in [-0.2, 0) is 0 Å². The molecule has 0 radical (unpaired) electrons. The largest absolute Gasteiger partial charge is 0.436 e. The highest BCUT2D eigenvalue weighted by atomic mass is 19.1. The Morgan fingerprint density at radius 1 is 1.30 bits per heavy atom. The maximum Gasteiger partial charge on any atom is 0.258 e. The minimum atomic E-state index is -0.985. The third kappa shape index (κ3) is 2.66. The molecule has 2 rings (SSSR count). The molecule has 0 aliphatic carbocycles. The van der Waals surface area contributed by atoms with Crippen LogP contribution in [0.3, 0.4) is 0 Å². The van der Waals surface area contributed by atoms with Gasteiger partial charge in [0.1, 0.15) is 5.75 Å². The minimum absolute atomic E-state index is 0.0417. The predicted molar refractivity (Wildman–Crippen MR) is 68.7 cm³/mol. The van der Waals surface area contributed by atoms with Crippen molar-refractivity contribution in [2.24, 2.45) is 5.73 Å². The van der Waals surface area contributed by atoms with Crippen LogP contribution < -0.4 is 15.8 Å². The molecule has 3 N–H and O–H groups in total. The van der Waals surface area contributed by atoms with Crippen molar-refractivity contribution in [3.8, 4) is 11.6 Å². The van der Waals surface area contributed by atoms with Gasteiger partial charge in [-0.15, -0.1) is 0 Å². The van der Waals surface area contributed by atoms with Crippen molar-refractivity contribution < 1.29 is 18.3 Å². The molecule has 0 aliphatic rings. The van der Waals surface area contributed by atoms with E-state index < -0.39 is 23.4 Å². The molecule has 0 atom stereocenters. The van der Waals surface area contributed by atoms with E-state index in [0.29, 0.717) is 6.07 Å². The van der Waals surface area contributed by atoms with Gasteiger partial charge >= 0.3 is 0 Å². The normalized spacial score (nSPS) is 10.2. The third-order valence-electron chi connectivity index (χ3n) is 2.49. The Morgan fingerprint density at radius 3 is 2.65 bits per heavy atom. The zero-order valence-corrected chi connectivity index (χ0v) is 10.5. The molecular weight excluding hydrogens is 268 g/mol. The Morgan fingerprint density at radius 2 is 2.00 bits per heavy atom. The minimum Gasteiger partial charge on any atom is -0.436 e. The van der Waals surface area contributed by atoms with E-state index in [0.717, 1.165) is 0 Å². The van der Waals surface area contributed by atoms with Gasteiger partial charge in [-0.3, -0.25) is 4.79 Å². The Kier molecular flexibility index (Phi) is 3.79. The Balaban J connectivity index is 2.42. The second-order valence-corrected chi connectivity index (χ2v) is 3.82. The number of rotatable bonds is 4. The molecule has 2 aromatic rings. The number of primary amides is 1. The number of anilines is 1. The molecule has 5 nitrogen and oxygen atoms in total. The number of nitrogens with one attached hydrogen (secondary N) is 1. The van der Waals surface area contributed by atoms with Crippen molar-refractivity contribution in [1.82, 2.24) is 4.98 Å². The summed E-state index contributed by atoms with van der Waals surface area (Å²) in [7, 11) is 1.43. The summed E-state index contributed by atoms with van der Waals surface area (Å²) in [6, 6.07) is 6.67. The molecule has 0 spiro atoms. The second kappa shape index (κ2) is 5.52. The number of hydrogen-bond donors (Lipinski definition) is 2. The smallest absolute Gasteiger partial charge is 0.258 e. The number of hydrogen-bond acceptors (Lipinski definition) is 4. The molecule has 0 bridgehead atoms. The molecular formula is C13H11F2N3O2. The van der Waals surface area contributed by atoms with E-state index >= 15 is 0 Å². The van der Waals surface area contributed by atoms with Gasteiger partial charge in [-0.1, -0.05) is 12.1 Å². The summed E-state index contributed by atoms with van der Waals surface area (Å²) in [5.74, 6) is -3.14. The van der Waals surface area contributed by atoms with Crippen molar-refractivity contribution in [3.05, 3.63) is 47.5 Å². The lowest BCUT2D eigenvalue weighted by Crippen LogP contribution is -2.12. The topological polar surface area (TPSA) is 77.2 Å². The van der Waals surface area contributed by atoms with Crippen LogP contribution in [0.5, 0.6) is 11.6 Å². The van der Waals surface area contributed by atoms with Crippen LogP contribution >= 0.6 is 0 Å². The molecule has 7 heteroatoms. The Bertz CT molecular complexity index is 662. The first-order valence-electron chi connectivity index (χ1n) is 5.63. The molecule has 1 aromatic heterocycles. The van der Waals surface area contributed by atoms with Crippen LogP contribution in [0.25, 0.3) is 0 Å². The maximum absolute atomic E-state index is 13.6. The van der Waals surface area contributed by atoms with Gasteiger partial charge in [0.05, 0.1) is 5.56 Å². The number of nitrogens with zero attached hydrogens (tertiary/aromatic N) is 1. The number of carbonyl (C=O) groups is 1. The van der Waals surface area contributed by atoms with Gasteiger partial charge in [0, 0.05) is 13.1 Å². The van der Waals surface area contributed by atoms with Gasteiger partial charge < -0.3 is 15.8 Å². The van der Waals surface area contributed by atoms with Crippen molar-refractivity contribution in [2.45, 2.75) is 0 Å². The number of aromatic nitrogens is 1. The number of halogens is 2. The summed E-state index contributed by atoms with van der Waals surface area (Å²) in [5.41, 5.74) is 5.25. The number of carbonyl (C=O) groups excluding carboxylic acids is 1. The summed E-state index contributed by atoms with van der Waals surface area (Å²) in [6.07, 6.45) is 0. The van der Waals surface area contributed by atoms with E-state index in [1.165, 1.54) is 19.2 Å². The Hall–Kier alpha value is -2.70. The van der Waals surface area contributed by atoms with Gasteiger partial charge in [-0.2, -0.15) is 4.98 Å². The molecule has 0 unspecified atom stereocenters. The maximum atomic E-state index is 13.6. The lowest BCUT2D eigenvalue weighted by Gasteiger charge is -2.10. The fourth-order valence-electron chi connectivity index (χ4n) is 1.56. The van der Waals surface area contributed by atoms with E-state index in [1.807, 2.05) is 0 Å². The highest BCUT2D eigenvalue weighted by Gasteiger charge is 2.16. The van der Waals surface area contributed by atoms with E-state index in [1.54, 1.807) is 12.1 Å². The number of para-hydroxylation sites is 1. The van der Waals surface area contributed by atoms with Crippen molar-refractivity contribution in [3.63, 3.8) is 0 Å². The quantitative estimate of drug-likeness (QED) is 0.900. The molecule has 1 amide bonds. The van der Waals surface area contributed by atoms with Gasteiger partial charge in [0.2, 0.25) is 0 Å². The highest BCUT2D eigenvalue weighted by Crippen LogP contribution is 2.27. The van der Waals surface area contributed by atoms with Gasteiger partial charge in [-0.25, -0.2) is 8.78 Å². The number of benzene rings is 1. The van der Waals surface area contributed by atoms with Gasteiger partial charge in [0.15, 0.2) is 17.5 Å². The zero-order valence-electron chi connectivity index (χ0n) is 10.5. The van der Waals surface area contributed by atoms with E-state index in [2.05, 4.69) is 10.3 Å². The van der Waals surface area contributed by atoms with Crippen LogP contribution in [0.2, 0.25) is 0 Å². The number of ether oxygens (including phenoxy) is 1. The van der Waals surface area contributed by atoms with Crippen LogP contribution in [-0.4, -0.2) is 17.9 Å². The Labute approximate surface area is 113 Å². The van der Waals surface area contributed by atoms with Crippen LogP contribution in [0.1, 0.15) is 10.4 Å². The van der Waals surface area contributed by atoms with Crippen LogP contribution in [0.15, 0.2) is 30.3 Å². The lowest BCUT2D eigenvalue weighted by atomic mass is 10.2. The fourth-order valence-corrected chi connectivity index (χ4v) is 1.56. The van der Waals surface area contributed by atoms with E-state index in [-0.39, 0.29) is 17.1 Å². The monoisotopic (exact) mass is 279 g/mol. The molecule has 0 saturated carbocycles. The van der Waals surface area contributed by atoms with Gasteiger partial charge in [-0.05, 0) is 12.1 Å². The first-order valence-corrected chi connectivity index (χ1v) is 5.63. The molecule has 104 valence electrons. The summed E-state index contributed by atoms with van der Waals surface area (Å²) >= 11 is 0. The predicted octanol–water partition coefficient (Wildman–Crippen LogP) is 2.29. The molecule has 20 heavy (non-hydrogen) atoms. The highest BCUT2D eigenvalue weighted by molar-refractivity contribution is 5.95.